The molecule has 5 nitrogen and oxygen atoms in total. The molecule has 3 atom stereocenters. The molecule has 5 heteroatoms. The summed E-state index contributed by atoms with van der Waals surface area (Å²) in [5.41, 5.74) is 1.27. The summed E-state index contributed by atoms with van der Waals surface area (Å²) in [6, 6.07) is 19.2. The zero-order valence-electron chi connectivity index (χ0n) is 16.7. The Morgan fingerprint density at radius 1 is 0.966 bits per heavy atom. The highest BCUT2D eigenvalue weighted by Crippen LogP contribution is 2.36. The summed E-state index contributed by atoms with van der Waals surface area (Å²) in [6.07, 6.45) is 4.04. The van der Waals surface area contributed by atoms with Gasteiger partial charge < -0.3 is 14.4 Å². The van der Waals surface area contributed by atoms with Crippen LogP contribution >= 0.6 is 0 Å². The molecule has 152 valence electrons. The lowest BCUT2D eigenvalue weighted by atomic mass is 9.98. The minimum atomic E-state index is -0.624. The van der Waals surface area contributed by atoms with Crippen molar-refractivity contribution in [2.75, 3.05) is 13.7 Å². The van der Waals surface area contributed by atoms with Crippen LogP contribution in [0.1, 0.15) is 47.5 Å². The van der Waals surface area contributed by atoms with E-state index < -0.39 is 11.9 Å². The maximum Gasteiger partial charge on any atom is 0.338 e. The van der Waals surface area contributed by atoms with Gasteiger partial charge in [-0.1, -0.05) is 48.5 Å². The standard InChI is InChI=1S/C24H27NO4/c1-25-19-12-13-20(25)15-21(14-19)29-24(27)22(17-8-4-2-5-9-17)16-28-23(26)18-10-6-3-7-11-18/h2-11,19-22H,12-16H2,1H3. The number of nitrogens with zero attached hydrogens (tertiary/aromatic N) is 1. The first-order valence-corrected chi connectivity index (χ1v) is 10.3. The molecule has 2 aromatic carbocycles. The Morgan fingerprint density at radius 2 is 1.55 bits per heavy atom. The normalized spacial score (nSPS) is 24.7. The first kappa shape index (κ1) is 19.6. The number of fused-ring (bicyclic) bond motifs is 2. The molecular weight excluding hydrogens is 366 g/mol. The van der Waals surface area contributed by atoms with E-state index in [-0.39, 0.29) is 18.7 Å². The second-order valence-electron chi connectivity index (χ2n) is 8.01. The van der Waals surface area contributed by atoms with Crippen molar-refractivity contribution in [3.05, 3.63) is 71.8 Å². The molecule has 29 heavy (non-hydrogen) atoms. The number of carbonyl (C=O) groups is 2. The van der Waals surface area contributed by atoms with Crippen LogP contribution in [0.15, 0.2) is 60.7 Å². The van der Waals surface area contributed by atoms with Crippen LogP contribution < -0.4 is 0 Å². The average Bonchev–Trinajstić information content (AvgIpc) is 2.96. The van der Waals surface area contributed by atoms with E-state index in [1.54, 1.807) is 24.3 Å². The topological polar surface area (TPSA) is 55.8 Å². The van der Waals surface area contributed by atoms with Crippen LogP contribution in [0.2, 0.25) is 0 Å². The van der Waals surface area contributed by atoms with Gasteiger partial charge in [-0.2, -0.15) is 0 Å². The number of hydrogen-bond donors (Lipinski definition) is 0. The van der Waals surface area contributed by atoms with Crippen LogP contribution in [0, 0.1) is 0 Å². The van der Waals surface area contributed by atoms with Crippen LogP contribution in [0.25, 0.3) is 0 Å². The second-order valence-corrected chi connectivity index (χ2v) is 8.01. The predicted octanol–water partition coefficient (Wildman–Crippen LogP) is 3.80. The van der Waals surface area contributed by atoms with E-state index in [0.717, 1.165) is 18.4 Å². The molecule has 2 fully saturated rings. The molecule has 0 aliphatic carbocycles. The summed E-state index contributed by atoms with van der Waals surface area (Å²) in [5, 5.41) is 0. The van der Waals surface area contributed by atoms with E-state index >= 15 is 0 Å². The fourth-order valence-electron chi connectivity index (χ4n) is 4.51. The highest BCUT2D eigenvalue weighted by molar-refractivity contribution is 5.89. The Balaban J connectivity index is 1.43. The Kier molecular flexibility index (Phi) is 5.95. The van der Waals surface area contributed by atoms with Gasteiger partial charge in [0.15, 0.2) is 0 Å². The molecule has 3 unspecified atom stereocenters. The smallest absolute Gasteiger partial charge is 0.338 e. The van der Waals surface area contributed by atoms with E-state index in [2.05, 4.69) is 11.9 Å². The minimum absolute atomic E-state index is 0.0317. The van der Waals surface area contributed by atoms with Crippen molar-refractivity contribution in [1.82, 2.24) is 4.90 Å². The molecular formula is C24H27NO4. The van der Waals surface area contributed by atoms with Crippen LogP contribution in [-0.2, 0) is 14.3 Å². The monoisotopic (exact) mass is 393 g/mol. The van der Waals surface area contributed by atoms with Gasteiger partial charge >= 0.3 is 11.9 Å². The Hall–Kier alpha value is -2.66. The van der Waals surface area contributed by atoms with Gasteiger partial charge in [0.2, 0.25) is 0 Å². The fraction of sp³-hybridized carbons (Fsp3) is 0.417. The van der Waals surface area contributed by atoms with Crippen molar-refractivity contribution in [2.24, 2.45) is 0 Å². The van der Waals surface area contributed by atoms with Crippen molar-refractivity contribution in [3.63, 3.8) is 0 Å². The lowest BCUT2D eigenvalue weighted by Crippen LogP contribution is -2.44. The molecule has 2 bridgehead atoms. The third-order valence-electron chi connectivity index (χ3n) is 6.21. The van der Waals surface area contributed by atoms with Crippen LogP contribution in [0.5, 0.6) is 0 Å². The van der Waals surface area contributed by atoms with Gasteiger partial charge in [-0.05, 0) is 50.4 Å². The summed E-state index contributed by atoms with van der Waals surface area (Å²) < 4.78 is 11.4. The number of benzene rings is 2. The summed E-state index contributed by atoms with van der Waals surface area (Å²) in [5.74, 6) is -1.37. The molecule has 0 radical (unpaired) electrons. The van der Waals surface area contributed by atoms with Gasteiger partial charge in [-0.15, -0.1) is 0 Å². The fourth-order valence-corrected chi connectivity index (χ4v) is 4.51. The second kappa shape index (κ2) is 8.78. The molecule has 2 aliphatic heterocycles. The van der Waals surface area contributed by atoms with Gasteiger partial charge in [-0.25, -0.2) is 4.79 Å². The molecule has 4 rings (SSSR count). The van der Waals surface area contributed by atoms with Crippen molar-refractivity contribution in [1.29, 1.82) is 0 Å². The lowest BCUT2D eigenvalue weighted by Gasteiger charge is -2.36. The molecule has 2 heterocycles. The zero-order valence-corrected chi connectivity index (χ0v) is 16.7. The molecule has 0 N–H and O–H groups in total. The van der Waals surface area contributed by atoms with Crippen molar-refractivity contribution in [3.8, 4) is 0 Å². The molecule has 0 spiro atoms. The Bertz CT molecular complexity index is 824. The number of carbonyl (C=O) groups excluding carboxylic acids is 2. The Labute approximate surface area is 171 Å². The van der Waals surface area contributed by atoms with E-state index in [0.29, 0.717) is 17.6 Å². The average molecular weight is 393 g/mol. The lowest BCUT2D eigenvalue weighted by molar-refractivity contribution is -0.155. The quantitative estimate of drug-likeness (QED) is 0.699. The maximum atomic E-state index is 13.0. The maximum absolute atomic E-state index is 13.0. The SMILES string of the molecule is CN1C2CCC1CC(OC(=O)C(COC(=O)c1ccccc1)c1ccccc1)C2. The highest BCUT2D eigenvalue weighted by Gasteiger charge is 2.40. The van der Waals surface area contributed by atoms with E-state index in [4.69, 9.17) is 9.47 Å². The third kappa shape index (κ3) is 4.51. The van der Waals surface area contributed by atoms with Gasteiger partial charge in [-0.3, -0.25) is 4.79 Å². The highest BCUT2D eigenvalue weighted by atomic mass is 16.6. The minimum Gasteiger partial charge on any atom is -0.462 e. The largest absolute Gasteiger partial charge is 0.462 e. The summed E-state index contributed by atoms with van der Waals surface area (Å²) in [6.45, 7) is -0.0317. The summed E-state index contributed by atoms with van der Waals surface area (Å²) >= 11 is 0. The molecule has 0 aromatic heterocycles. The molecule has 2 saturated heterocycles. The van der Waals surface area contributed by atoms with Crippen LogP contribution in [0.4, 0.5) is 0 Å². The number of esters is 2. The Morgan fingerprint density at radius 3 is 2.17 bits per heavy atom. The van der Waals surface area contributed by atoms with Gasteiger partial charge in [0.25, 0.3) is 0 Å². The van der Waals surface area contributed by atoms with Crippen LogP contribution in [-0.4, -0.2) is 48.7 Å². The third-order valence-corrected chi connectivity index (χ3v) is 6.21. The number of hydrogen-bond acceptors (Lipinski definition) is 5. The summed E-state index contributed by atoms with van der Waals surface area (Å²) in [7, 11) is 2.16. The van der Waals surface area contributed by atoms with E-state index in [1.165, 1.54) is 12.8 Å². The van der Waals surface area contributed by atoms with E-state index in [1.807, 2.05) is 36.4 Å². The molecule has 2 aliphatic rings. The van der Waals surface area contributed by atoms with Gasteiger partial charge in [0.1, 0.15) is 18.6 Å². The first-order valence-electron chi connectivity index (χ1n) is 10.3. The summed E-state index contributed by atoms with van der Waals surface area (Å²) in [4.78, 5) is 27.8. The molecule has 0 amide bonds. The number of rotatable bonds is 6. The van der Waals surface area contributed by atoms with Crippen molar-refractivity contribution >= 4 is 11.9 Å². The van der Waals surface area contributed by atoms with Crippen molar-refractivity contribution < 1.29 is 19.1 Å². The van der Waals surface area contributed by atoms with E-state index in [9.17, 15) is 9.59 Å². The van der Waals surface area contributed by atoms with Gasteiger partial charge in [0.05, 0.1) is 5.56 Å². The van der Waals surface area contributed by atoms with Gasteiger partial charge in [0, 0.05) is 12.1 Å². The zero-order chi connectivity index (χ0) is 20.2. The number of piperidine rings is 1. The number of ether oxygens (including phenoxy) is 2. The molecule has 0 saturated carbocycles. The predicted molar refractivity (Wildman–Crippen MR) is 110 cm³/mol. The first-order chi connectivity index (χ1) is 14.1. The molecule has 2 aromatic rings. The van der Waals surface area contributed by atoms with Crippen molar-refractivity contribution in [2.45, 2.75) is 49.8 Å². The van der Waals surface area contributed by atoms with Crippen LogP contribution in [0.3, 0.4) is 0 Å².